The lowest BCUT2D eigenvalue weighted by molar-refractivity contribution is 0.0700. The molecule has 2 nitrogen and oxygen atoms in total. The van der Waals surface area contributed by atoms with E-state index in [1.807, 2.05) is 30.3 Å². The third-order valence-electron chi connectivity index (χ3n) is 4.35. The Kier molecular flexibility index (Phi) is 5.20. The fourth-order valence-corrected chi connectivity index (χ4v) is 3.15. The van der Waals surface area contributed by atoms with E-state index in [0.717, 1.165) is 26.1 Å². The van der Waals surface area contributed by atoms with Crippen molar-refractivity contribution < 1.29 is 9.13 Å². The third kappa shape index (κ3) is 3.93. The number of piperidine rings is 1. The molecule has 1 fully saturated rings. The van der Waals surface area contributed by atoms with Gasteiger partial charge < -0.3 is 10.1 Å². The average molecular weight is 299 g/mol. The lowest BCUT2D eigenvalue weighted by Crippen LogP contribution is -2.37. The normalized spacial score (nSPS) is 21.7. The van der Waals surface area contributed by atoms with Gasteiger partial charge in [-0.05, 0) is 42.1 Å². The van der Waals surface area contributed by atoms with Crippen molar-refractivity contribution in [2.24, 2.45) is 5.92 Å². The Morgan fingerprint density at radius 3 is 2.59 bits per heavy atom. The molecule has 0 aromatic heterocycles. The summed E-state index contributed by atoms with van der Waals surface area (Å²) in [6.07, 6.45) is 1.07. The van der Waals surface area contributed by atoms with Crippen LogP contribution in [0.5, 0.6) is 0 Å². The lowest BCUT2D eigenvalue weighted by atomic mass is 9.81. The minimum Gasteiger partial charge on any atom is -0.376 e. The molecule has 2 atom stereocenters. The van der Waals surface area contributed by atoms with Crippen molar-refractivity contribution in [2.45, 2.75) is 18.9 Å². The Balaban J connectivity index is 1.59. The number of halogens is 1. The van der Waals surface area contributed by atoms with E-state index in [4.69, 9.17) is 4.74 Å². The van der Waals surface area contributed by atoms with Crippen LogP contribution in [-0.2, 0) is 11.3 Å². The van der Waals surface area contributed by atoms with E-state index < -0.39 is 0 Å². The molecule has 0 radical (unpaired) electrons. The van der Waals surface area contributed by atoms with E-state index >= 15 is 0 Å². The number of nitrogens with one attached hydrogen (secondary N) is 1. The Labute approximate surface area is 131 Å². The second kappa shape index (κ2) is 7.52. The van der Waals surface area contributed by atoms with Crippen molar-refractivity contribution in [3.05, 3.63) is 71.5 Å². The summed E-state index contributed by atoms with van der Waals surface area (Å²) in [6, 6.07) is 17.2. The van der Waals surface area contributed by atoms with Gasteiger partial charge in [-0.25, -0.2) is 4.39 Å². The first kappa shape index (κ1) is 15.2. The molecule has 1 N–H and O–H groups in total. The van der Waals surface area contributed by atoms with E-state index in [0.29, 0.717) is 18.4 Å². The van der Waals surface area contributed by atoms with Crippen molar-refractivity contribution in [1.29, 1.82) is 0 Å². The summed E-state index contributed by atoms with van der Waals surface area (Å²) >= 11 is 0. The van der Waals surface area contributed by atoms with Gasteiger partial charge in [-0.3, -0.25) is 0 Å². The summed E-state index contributed by atoms with van der Waals surface area (Å²) in [5, 5.41) is 3.44. The standard InChI is InChI=1S/C19H22FNO/c20-18-8-6-16(7-9-18)19-10-11-21-12-17(19)14-22-13-15-4-2-1-3-5-15/h1-9,17,19,21H,10-14H2/t17-,19-/m0/s1. The fourth-order valence-electron chi connectivity index (χ4n) is 3.15. The number of hydrogen-bond donors (Lipinski definition) is 1. The molecule has 0 spiro atoms. The molecule has 2 aromatic rings. The molecule has 1 saturated heterocycles. The topological polar surface area (TPSA) is 21.3 Å². The molecule has 1 aliphatic heterocycles. The van der Waals surface area contributed by atoms with Gasteiger partial charge in [0.2, 0.25) is 0 Å². The number of ether oxygens (including phenoxy) is 1. The van der Waals surface area contributed by atoms with Crippen molar-refractivity contribution in [2.75, 3.05) is 19.7 Å². The predicted octanol–water partition coefficient (Wildman–Crippen LogP) is 3.74. The Morgan fingerprint density at radius 2 is 1.82 bits per heavy atom. The van der Waals surface area contributed by atoms with Gasteiger partial charge in [-0.1, -0.05) is 42.5 Å². The molecule has 0 aliphatic carbocycles. The molecule has 0 unspecified atom stereocenters. The molecule has 3 heteroatoms. The molecule has 0 bridgehead atoms. The van der Waals surface area contributed by atoms with Crippen molar-refractivity contribution >= 4 is 0 Å². The second-order valence-corrected chi connectivity index (χ2v) is 5.91. The Morgan fingerprint density at radius 1 is 1.05 bits per heavy atom. The van der Waals surface area contributed by atoms with Crippen LogP contribution in [0.2, 0.25) is 0 Å². The van der Waals surface area contributed by atoms with Crippen molar-refractivity contribution in [3.8, 4) is 0 Å². The number of hydrogen-bond acceptors (Lipinski definition) is 2. The van der Waals surface area contributed by atoms with Crippen LogP contribution in [0.25, 0.3) is 0 Å². The van der Waals surface area contributed by atoms with Gasteiger partial charge in [0.05, 0.1) is 13.2 Å². The molecule has 1 aliphatic rings. The van der Waals surface area contributed by atoms with Gasteiger partial charge in [0, 0.05) is 12.5 Å². The van der Waals surface area contributed by atoms with E-state index in [1.165, 1.54) is 11.1 Å². The maximum absolute atomic E-state index is 13.1. The van der Waals surface area contributed by atoms with E-state index in [9.17, 15) is 4.39 Å². The van der Waals surface area contributed by atoms with Crippen LogP contribution in [0.1, 0.15) is 23.5 Å². The van der Waals surface area contributed by atoms with Crippen LogP contribution in [-0.4, -0.2) is 19.7 Å². The van der Waals surface area contributed by atoms with Gasteiger partial charge in [-0.2, -0.15) is 0 Å². The second-order valence-electron chi connectivity index (χ2n) is 5.91. The highest BCUT2D eigenvalue weighted by atomic mass is 19.1. The molecular formula is C19H22FNO. The largest absolute Gasteiger partial charge is 0.376 e. The summed E-state index contributed by atoms with van der Waals surface area (Å²) in [4.78, 5) is 0. The molecule has 1 heterocycles. The van der Waals surface area contributed by atoms with E-state index in [2.05, 4.69) is 17.4 Å². The molecule has 22 heavy (non-hydrogen) atoms. The molecule has 116 valence electrons. The first-order valence-corrected chi connectivity index (χ1v) is 7.91. The van der Waals surface area contributed by atoms with Crippen LogP contribution in [0.15, 0.2) is 54.6 Å². The minimum absolute atomic E-state index is 0.172. The van der Waals surface area contributed by atoms with Gasteiger partial charge in [0.1, 0.15) is 5.82 Å². The molecular weight excluding hydrogens is 277 g/mol. The Hall–Kier alpha value is -1.71. The number of benzene rings is 2. The number of rotatable bonds is 5. The summed E-state index contributed by atoms with van der Waals surface area (Å²) < 4.78 is 19.0. The maximum Gasteiger partial charge on any atom is 0.123 e. The molecule has 0 amide bonds. The van der Waals surface area contributed by atoms with Crippen LogP contribution >= 0.6 is 0 Å². The SMILES string of the molecule is Fc1ccc([C@@H]2CCNC[C@H]2COCc2ccccc2)cc1. The van der Waals surface area contributed by atoms with Gasteiger partial charge >= 0.3 is 0 Å². The zero-order valence-electron chi connectivity index (χ0n) is 12.7. The highest BCUT2D eigenvalue weighted by molar-refractivity contribution is 5.22. The van der Waals surface area contributed by atoms with Crippen LogP contribution in [0.3, 0.4) is 0 Å². The van der Waals surface area contributed by atoms with Crippen LogP contribution in [0, 0.1) is 11.7 Å². The average Bonchev–Trinajstić information content (AvgIpc) is 2.57. The van der Waals surface area contributed by atoms with Crippen LogP contribution < -0.4 is 5.32 Å². The quantitative estimate of drug-likeness (QED) is 0.908. The summed E-state index contributed by atoms with van der Waals surface area (Å²) in [5.74, 6) is 0.704. The van der Waals surface area contributed by atoms with Gasteiger partial charge in [0.25, 0.3) is 0 Å². The van der Waals surface area contributed by atoms with Gasteiger partial charge in [0.15, 0.2) is 0 Å². The van der Waals surface area contributed by atoms with Crippen LogP contribution in [0.4, 0.5) is 4.39 Å². The maximum atomic E-state index is 13.1. The minimum atomic E-state index is -0.172. The molecule has 2 aromatic carbocycles. The molecule has 3 rings (SSSR count). The monoisotopic (exact) mass is 299 g/mol. The predicted molar refractivity (Wildman–Crippen MR) is 86.2 cm³/mol. The molecule has 0 saturated carbocycles. The highest BCUT2D eigenvalue weighted by Gasteiger charge is 2.26. The first-order chi connectivity index (χ1) is 10.8. The smallest absolute Gasteiger partial charge is 0.123 e. The Bertz CT molecular complexity index is 570. The van der Waals surface area contributed by atoms with Gasteiger partial charge in [-0.15, -0.1) is 0 Å². The van der Waals surface area contributed by atoms with E-state index in [1.54, 1.807) is 12.1 Å². The summed E-state index contributed by atoms with van der Waals surface area (Å²) in [6.45, 7) is 3.34. The zero-order valence-corrected chi connectivity index (χ0v) is 12.7. The summed E-state index contributed by atoms with van der Waals surface area (Å²) in [5.41, 5.74) is 2.42. The first-order valence-electron chi connectivity index (χ1n) is 7.91. The summed E-state index contributed by atoms with van der Waals surface area (Å²) in [7, 11) is 0. The van der Waals surface area contributed by atoms with Crippen molar-refractivity contribution in [1.82, 2.24) is 5.32 Å². The van der Waals surface area contributed by atoms with Crippen molar-refractivity contribution in [3.63, 3.8) is 0 Å². The third-order valence-corrected chi connectivity index (χ3v) is 4.35. The fraction of sp³-hybridized carbons (Fsp3) is 0.368. The zero-order chi connectivity index (χ0) is 15.2. The lowest BCUT2D eigenvalue weighted by Gasteiger charge is -2.32. The highest BCUT2D eigenvalue weighted by Crippen LogP contribution is 2.30. The van der Waals surface area contributed by atoms with E-state index in [-0.39, 0.29) is 5.82 Å².